The Hall–Kier alpha value is -4.99. The summed E-state index contributed by atoms with van der Waals surface area (Å²) in [5.74, 6) is 0.150. The fourth-order valence-electron chi connectivity index (χ4n) is 7.98. The maximum absolute atomic E-state index is 14.5. The Morgan fingerprint density at radius 3 is 2.40 bits per heavy atom. The zero-order valence-corrected chi connectivity index (χ0v) is 26.7. The second-order valence-electron chi connectivity index (χ2n) is 13.2. The van der Waals surface area contributed by atoms with E-state index in [2.05, 4.69) is 6.07 Å². The van der Waals surface area contributed by atoms with Gasteiger partial charge in [-0.1, -0.05) is 73.7 Å². The molecule has 9 nitrogen and oxygen atoms in total. The third-order valence-corrected chi connectivity index (χ3v) is 10.4. The average Bonchev–Trinajstić information content (AvgIpc) is 3.56. The minimum atomic E-state index is -1.18. The van der Waals surface area contributed by atoms with Crippen LogP contribution in [0.15, 0.2) is 97.1 Å². The maximum Gasteiger partial charge on any atom is 0.269 e. The van der Waals surface area contributed by atoms with E-state index in [1.807, 2.05) is 97.9 Å². The predicted octanol–water partition coefficient (Wildman–Crippen LogP) is 5.25. The summed E-state index contributed by atoms with van der Waals surface area (Å²) in [7, 11) is 0. The summed E-state index contributed by atoms with van der Waals surface area (Å²) in [6.07, 6.45) is 0.888. The van der Waals surface area contributed by atoms with Crippen LogP contribution in [0.2, 0.25) is 0 Å². The van der Waals surface area contributed by atoms with E-state index < -0.39 is 11.7 Å². The lowest BCUT2D eigenvalue weighted by atomic mass is 9.83. The van der Waals surface area contributed by atoms with Crippen LogP contribution in [0.4, 0.5) is 17.1 Å². The smallest absolute Gasteiger partial charge is 0.269 e. The number of aliphatic hydroxyl groups is 1. The van der Waals surface area contributed by atoms with Crippen LogP contribution < -0.4 is 14.5 Å². The number of hydrogen-bond acceptors (Lipinski definition) is 6. The molecule has 1 fully saturated rings. The van der Waals surface area contributed by atoms with Crippen molar-refractivity contribution in [2.75, 3.05) is 23.0 Å². The monoisotopic (exact) mass is 643 g/mol. The first-order valence-electron chi connectivity index (χ1n) is 16.6. The van der Waals surface area contributed by atoms with E-state index in [0.717, 1.165) is 33.6 Å². The van der Waals surface area contributed by atoms with Crippen molar-refractivity contribution in [1.82, 2.24) is 4.90 Å². The molecule has 4 aromatic rings. The Bertz CT molecular complexity index is 1910. The summed E-state index contributed by atoms with van der Waals surface area (Å²) in [5.41, 5.74) is 5.03. The second-order valence-corrected chi connectivity index (χ2v) is 13.2. The van der Waals surface area contributed by atoms with Crippen molar-refractivity contribution < 1.29 is 29.0 Å². The molecule has 0 aliphatic carbocycles. The average molecular weight is 644 g/mol. The van der Waals surface area contributed by atoms with Crippen molar-refractivity contribution in [3.05, 3.63) is 119 Å². The standard InChI is InChI=1S/C39H37N3O6/c1-25-18-31(20-36(44)40-22-28-9-3-2-8-27(28)19-30(40)23-43)48-39(25)32-10-4-5-11-33(32)41(38(39)46)21-26-14-16-29(17-15-26)42-34-12-6-7-13-35(34)47-24-37(42)45/h2-17,25,30-31,43H,18-24H2,1H3/t25-,30-,31-,39+/m0/s1. The number of nitrogens with zero attached hydrogens (tertiary/aromatic N) is 3. The molecule has 4 atom stereocenters. The molecule has 4 aliphatic rings. The first-order chi connectivity index (χ1) is 23.4. The number of amides is 3. The number of aliphatic hydroxyl groups excluding tert-OH is 1. The third-order valence-electron chi connectivity index (χ3n) is 10.4. The molecular weight excluding hydrogens is 606 g/mol. The van der Waals surface area contributed by atoms with Crippen LogP contribution >= 0.6 is 0 Å². The minimum Gasteiger partial charge on any atom is -0.482 e. The highest BCUT2D eigenvalue weighted by atomic mass is 16.5. The fraction of sp³-hybridized carbons (Fsp3) is 0.308. The van der Waals surface area contributed by atoms with Crippen molar-refractivity contribution in [3.63, 3.8) is 0 Å². The van der Waals surface area contributed by atoms with Gasteiger partial charge in [-0.3, -0.25) is 19.3 Å². The number of fused-ring (bicyclic) bond motifs is 4. The molecular formula is C39H37N3O6. The van der Waals surface area contributed by atoms with Gasteiger partial charge in [0, 0.05) is 23.7 Å². The number of anilines is 3. The van der Waals surface area contributed by atoms with E-state index in [-0.39, 0.29) is 49.3 Å². The third kappa shape index (κ3) is 4.88. The van der Waals surface area contributed by atoms with Crippen LogP contribution in [-0.4, -0.2) is 53.1 Å². The molecule has 244 valence electrons. The molecule has 0 radical (unpaired) electrons. The van der Waals surface area contributed by atoms with Gasteiger partial charge in [-0.25, -0.2) is 0 Å². The van der Waals surface area contributed by atoms with Crippen LogP contribution in [0, 0.1) is 5.92 Å². The lowest BCUT2D eigenvalue weighted by Crippen LogP contribution is -2.47. The molecule has 4 aromatic carbocycles. The van der Waals surface area contributed by atoms with Crippen LogP contribution in [-0.2, 0) is 44.2 Å². The van der Waals surface area contributed by atoms with Gasteiger partial charge >= 0.3 is 0 Å². The van der Waals surface area contributed by atoms with Gasteiger partial charge in [-0.05, 0) is 59.9 Å². The Kier molecular flexibility index (Phi) is 7.53. The van der Waals surface area contributed by atoms with E-state index in [4.69, 9.17) is 9.47 Å². The summed E-state index contributed by atoms with van der Waals surface area (Å²) in [6.45, 7) is 2.68. The number of carbonyl (C=O) groups excluding carboxylic acids is 3. The van der Waals surface area contributed by atoms with E-state index in [9.17, 15) is 19.5 Å². The molecule has 0 aromatic heterocycles. The normalized spacial score (nSPS) is 24.4. The second kappa shape index (κ2) is 11.9. The Labute approximate surface area is 279 Å². The number of benzene rings is 4. The van der Waals surface area contributed by atoms with E-state index >= 15 is 0 Å². The van der Waals surface area contributed by atoms with Crippen LogP contribution in [0.1, 0.15) is 42.0 Å². The molecule has 1 spiro atoms. The van der Waals surface area contributed by atoms with Gasteiger partial charge in [0.2, 0.25) is 5.91 Å². The molecule has 9 heteroatoms. The fourth-order valence-corrected chi connectivity index (χ4v) is 7.98. The molecule has 48 heavy (non-hydrogen) atoms. The molecule has 8 rings (SSSR count). The zero-order chi connectivity index (χ0) is 33.0. The first kappa shape index (κ1) is 30.4. The van der Waals surface area contributed by atoms with Gasteiger partial charge in [0.05, 0.1) is 43.1 Å². The van der Waals surface area contributed by atoms with Gasteiger partial charge in [-0.15, -0.1) is 0 Å². The zero-order valence-electron chi connectivity index (χ0n) is 26.7. The molecule has 1 saturated heterocycles. The molecule has 0 bridgehead atoms. The van der Waals surface area contributed by atoms with Crippen LogP contribution in [0.25, 0.3) is 0 Å². The van der Waals surface area contributed by atoms with Gasteiger partial charge in [0.25, 0.3) is 11.8 Å². The highest BCUT2D eigenvalue weighted by Gasteiger charge is 2.60. The minimum absolute atomic E-state index is 0.0291. The van der Waals surface area contributed by atoms with E-state index in [1.165, 1.54) is 0 Å². The van der Waals surface area contributed by atoms with Crippen LogP contribution in [0.3, 0.4) is 0 Å². The SMILES string of the molecule is C[C@H]1C[C@@H](CC(=O)N2Cc3ccccc3C[C@H]2CO)O[C@]12C(=O)N(Cc1ccc(N3C(=O)COc4ccccc43)cc1)c1ccccc12. The number of carbonyl (C=O) groups is 3. The molecule has 0 saturated carbocycles. The molecule has 4 aliphatic heterocycles. The lowest BCUT2D eigenvalue weighted by Gasteiger charge is -2.36. The number of para-hydroxylation sites is 3. The largest absolute Gasteiger partial charge is 0.482 e. The van der Waals surface area contributed by atoms with Crippen molar-refractivity contribution in [2.45, 2.75) is 57.0 Å². The van der Waals surface area contributed by atoms with Gasteiger partial charge in [-0.2, -0.15) is 0 Å². The highest BCUT2D eigenvalue weighted by Crippen LogP contribution is 2.54. The number of ether oxygens (including phenoxy) is 2. The maximum atomic E-state index is 14.5. The molecule has 1 N–H and O–H groups in total. The topological polar surface area (TPSA) is 99.6 Å². The predicted molar refractivity (Wildman–Crippen MR) is 180 cm³/mol. The van der Waals surface area contributed by atoms with Crippen LogP contribution in [0.5, 0.6) is 5.75 Å². The van der Waals surface area contributed by atoms with Gasteiger partial charge < -0.3 is 24.4 Å². The van der Waals surface area contributed by atoms with Crippen molar-refractivity contribution in [3.8, 4) is 5.75 Å². The lowest BCUT2D eigenvalue weighted by molar-refractivity contribution is -0.151. The Morgan fingerprint density at radius 1 is 0.896 bits per heavy atom. The summed E-state index contributed by atoms with van der Waals surface area (Å²) in [4.78, 5) is 46.2. The Morgan fingerprint density at radius 2 is 1.60 bits per heavy atom. The number of rotatable bonds is 6. The quantitative estimate of drug-likeness (QED) is 0.308. The molecule has 3 amide bonds. The van der Waals surface area contributed by atoms with E-state index in [1.54, 1.807) is 14.7 Å². The van der Waals surface area contributed by atoms with Gasteiger partial charge in [0.1, 0.15) is 5.75 Å². The molecule has 4 heterocycles. The van der Waals surface area contributed by atoms with Gasteiger partial charge in [0.15, 0.2) is 12.2 Å². The van der Waals surface area contributed by atoms with E-state index in [0.29, 0.717) is 37.4 Å². The van der Waals surface area contributed by atoms with Crippen molar-refractivity contribution in [1.29, 1.82) is 0 Å². The number of hydrogen-bond donors (Lipinski definition) is 1. The Balaban J connectivity index is 1.01. The summed E-state index contributed by atoms with van der Waals surface area (Å²) in [5, 5.41) is 10.1. The highest BCUT2D eigenvalue weighted by molar-refractivity contribution is 6.07. The summed E-state index contributed by atoms with van der Waals surface area (Å²) >= 11 is 0. The summed E-state index contributed by atoms with van der Waals surface area (Å²) < 4.78 is 12.3. The first-order valence-corrected chi connectivity index (χ1v) is 16.6. The van der Waals surface area contributed by atoms with Crippen molar-refractivity contribution >= 4 is 34.8 Å². The molecule has 0 unspecified atom stereocenters. The summed E-state index contributed by atoms with van der Waals surface area (Å²) in [6, 6.07) is 30.7. The van der Waals surface area contributed by atoms with Crippen molar-refractivity contribution in [2.24, 2.45) is 5.92 Å².